The second kappa shape index (κ2) is 13.4. The van der Waals surface area contributed by atoms with Gasteiger partial charge in [-0.25, -0.2) is 0 Å². The van der Waals surface area contributed by atoms with E-state index in [1.54, 1.807) is 7.05 Å². The van der Waals surface area contributed by atoms with Crippen molar-refractivity contribution in [3.8, 4) is 0 Å². The van der Waals surface area contributed by atoms with Crippen LogP contribution in [0.2, 0.25) is 0 Å². The van der Waals surface area contributed by atoms with Gasteiger partial charge in [0, 0.05) is 39.0 Å². The maximum absolute atomic E-state index is 5.77. The van der Waals surface area contributed by atoms with Gasteiger partial charge < -0.3 is 15.4 Å². The molecule has 0 aliphatic carbocycles. The lowest BCUT2D eigenvalue weighted by atomic mass is 10.0. The van der Waals surface area contributed by atoms with E-state index in [2.05, 4.69) is 52.2 Å². The summed E-state index contributed by atoms with van der Waals surface area (Å²) in [6.45, 7) is 14.0. The van der Waals surface area contributed by atoms with Crippen LogP contribution in [-0.4, -0.2) is 48.6 Å². The van der Waals surface area contributed by atoms with E-state index in [1.165, 1.54) is 5.69 Å². The molecule has 0 amide bonds. The zero-order valence-electron chi connectivity index (χ0n) is 16.6. The number of nitrogens with zero attached hydrogens (tertiary/aromatic N) is 3. The fourth-order valence-corrected chi connectivity index (χ4v) is 2.71. The summed E-state index contributed by atoms with van der Waals surface area (Å²) in [6, 6.07) is 2.11. The van der Waals surface area contributed by atoms with Crippen LogP contribution < -0.4 is 10.6 Å². The molecule has 146 valence electrons. The van der Waals surface area contributed by atoms with Crippen LogP contribution in [0.5, 0.6) is 0 Å². The van der Waals surface area contributed by atoms with Crippen molar-refractivity contribution in [2.75, 3.05) is 26.7 Å². The van der Waals surface area contributed by atoms with Crippen molar-refractivity contribution >= 4 is 29.9 Å². The number of aromatic nitrogens is 2. The number of rotatable bonds is 10. The largest absolute Gasteiger partial charge is 0.378 e. The van der Waals surface area contributed by atoms with E-state index in [4.69, 9.17) is 4.74 Å². The number of halogens is 1. The topological polar surface area (TPSA) is 63.5 Å². The molecule has 0 saturated carbocycles. The highest BCUT2D eigenvalue weighted by Crippen LogP contribution is 2.09. The first kappa shape index (κ1) is 24.2. The zero-order chi connectivity index (χ0) is 17.9. The third-order valence-electron chi connectivity index (χ3n) is 4.01. The SMILES string of the molecule is CCOC(CCNC(=NC)NCCCn1nc(C)cc1C)C(C)C.I. The smallest absolute Gasteiger partial charge is 0.190 e. The second-order valence-corrected chi connectivity index (χ2v) is 6.46. The van der Waals surface area contributed by atoms with Crippen LogP contribution in [-0.2, 0) is 11.3 Å². The van der Waals surface area contributed by atoms with Crippen molar-refractivity contribution in [2.24, 2.45) is 10.9 Å². The Hall–Kier alpha value is -0.830. The molecule has 0 saturated heterocycles. The number of hydrogen-bond donors (Lipinski definition) is 2. The molecule has 1 atom stereocenters. The van der Waals surface area contributed by atoms with Gasteiger partial charge in [-0.15, -0.1) is 24.0 Å². The first-order valence-corrected chi connectivity index (χ1v) is 9.05. The van der Waals surface area contributed by atoms with Gasteiger partial charge in [-0.05, 0) is 45.6 Å². The Labute approximate surface area is 170 Å². The van der Waals surface area contributed by atoms with Crippen LogP contribution in [0.3, 0.4) is 0 Å². The fourth-order valence-electron chi connectivity index (χ4n) is 2.71. The molecule has 6 nitrogen and oxygen atoms in total. The number of aliphatic imine (C=N–C) groups is 1. The Kier molecular flexibility index (Phi) is 12.9. The van der Waals surface area contributed by atoms with Gasteiger partial charge in [0.05, 0.1) is 11.8 Å². The predicted octanol–water partition coefficient (Wildman–Crippen LogP) is 3.12. The first-order chi connectivity index (χ1) is 11.5. The summed E-state index contributed by atoms with van der Waals surface area (Å²) in [4.78, 5) is 4.27. The minimum atomic E-state index is 0. The number of guanidine groups is 1. The molecule has 1 unspecified atom stereocenters. The average Bonchev–Trinajstić information content (AvgIpc) is 2.86. The summed E-state index contributed by atoms with van der Waals surface area (Å²) in [5.41, 5.74) is 2.29. The number of nitrogens with one attached hydrogen (secondary N) is 2. The Morgan fingerprint density at radius 1 is 1.28 bits per heavy atom. The normalized spacial score (nSPS) is 12.8. The van der Waals surface area contributed by atoms with Crippen LogP contribution in [0.15, 0.2) is 11.1 Å². The van der Waals surface area contributed by atoms with Gasteiger partial charge in [-0.3, -0.25) is 9.67 Å². The Balaban J connectivity index is 0.00000576. The van der Waals surface area contributed by atoms with Gasteiger partial charge in [0.1, 0.15) is 0 Å². The summed E-state index contributed by atoms with van der Waals surface area (Å²) in [5, 5.41) is 11.2. The maximum atomic E-state index is 5.77. The predicted molar refractivity (Wildman–Crippen MR) is 116 cm³/mol. The molecule has 0 aliphatic rings. The quantitative estimate of drug-likeness (QED) is 0.241. The van der Waals surface area contributed by atoms with Gasteiger partial charge >= 0.3 is 0 Å². The van der Waals surface area contributed by atoms with Crippen LogP contribution in [0, 0.1) is 19.8 Å². The molecule has 1 aromatic rings. The lowest BCUT2D eigenvalue weighted by Crippen LogP contribution is -2.39. The van der Waals surface area contributed by atoms with Crippen molar-refractivity contribution in [2.45, 2.75) is 60.1 Å². The molecule has 0 bridgehead atoms. The van der Waals surface area contributed by atoms with Gasteiger partial charge in [-0.1, -0.05) is 13.8 Å². The molecule has 0 radical (unpaired) electrons. The van der Waals surface area contributed by atoms with Gasteiger partial charge in [-0.2, -0.15) is 5.10 Å². The zero-order valence-corrected chi connectivity index (χ0v) is 19.0. The number of aryl methyl sites for hydroxylation is 3. The second-order valence-electron chi connectivity index (χ2n) is 6.46. The lowest BCUT2D eigenvalue weighted by molar-refractivity contribution is 0.0258. The summed E-state index contributed by atoms with van der Waals surface area (Å²) >= 11 is 0. The standard InChI is InChI=1S/C18H35N5O.HI/c1-7-24-17(14(2)3)9-11-21-18(19-6)20-10-8-12-23-16(5)13-15(4)22-23;/h13-14,17H,7-12H2,1-6H3,(H2,19,20,21);1H. The van der Waals surface area contributed by atoms with E-state index in [-0.39, 0.29) is 24.0 Å². The number of hydrogen-bond acceptors (Lipinski definition) is 3. The summed E-state index contributed by atoms with van der Waals surface area (Å²) in [7, 11) is 1.80. The number of ether oxygens (including phenoxy) is 1. The molecule has 1 rings (SSSR count). The molecule has 0 aliphatic heterocycles. The van der Waals surface area contributed by atoms with Crippen molar-refractivity contribution in [3.63, 3.8) is 0 Å². The van der Waals surface area contributed by atoms with E-state index in [0.717, 1.165) is 50.7 Å². The summed E-state index contributed by atoms with van der Waals surface area (Å²) in [6.07, 6.45) is 2.29. The fraction of sp³-hybridized carbons (Fsp3) is 0.778. The highest BCUT2D eigenvalue weighted by atomic mass is 127. The first-order valence-electron chi connectivity index (χ1n) is 9.05. The monoisotopic (exact) mass is 465 g/mol. The highest BCUT2D eigenvalue weighted by Gasteiger charge is 2.12. The minimum absolute atomic E-state index is 0. The molecule has 2 N–H and O–H groups in total. The van der Waals surface area contributed by atoms with Crippen LogP contribution in [0.25, 0.3) is 0 Å². The molecule has 0 spiro atoms. The maximum Gasteiger partial charge on any atom is 0.190 e. The van der Waals surface area contributed by atoms with E-state index in [1.807, 2.05) is 13.8 Å². The highest BCUT2D eigenvalue weighted by molar-refractivity contribution is 14.0. The third kappa shape index (κ3) is 9.44. The molecule has 0 aromatic carbocycles. The van der Waals surface area contributed by atoms with Gasteiger partial charge in [0.25, 0.3) is 0 Å². The average molecular weight is 465 g/mol. The Bertz CT molecular complexity index is 502. The summed E-state index contributed by atoms with van der Waals surface area (Å²) < 4.78 is 7.83. The van der Waals surface area contributed by atoms with Crippen LogP contribution in [0.1, 0.15) is 45.0 Å². The van der Waals surface area contributed by atoms with Crippen LogP contribution in [0.4, 0.5) is 0 Å². The van der Waals surface area contributed by atoms with E-state index < -0.39 is 0 Å². The van der Waals surface area contributed by atoms with Crippen molar-refractivity contribution in [1.29, 1.82) is 0 Å². The minimum Gasteiger partial charge on any atom is -0.378 e. The molecule has 1 aromatic heterocycles. The van der Waals surface area contributed by atoms with Gasteiger partial charge in [0.15, 0.2) is 5.96 Å². The van der Waals surface area contributed by atoms with Gasteiger partial charge in [0.2, 0.25) is 0 Å². The van der Waals surface area contributed by atoms with E-state index in [9.17, 15) is 0 Å². The van der Waals surface area contributed by atoms with Crippen molar-refractivity contribution in [3.05, 3.63) is 17.5 Å². The van der Waals surface area contributed by atoms with E-state index in [0.29, 0.717) is 12.0 Å². The van der Waals surface area contributed by atoms with Crippen molar-refractivity contribution < 1.29 is 4.74 Å². The lowest BCUT2D eigenvalue weighted by Gasteiger charge is -2.21. The van der Waals surface area contributed by atoms with E-state index >= 15 is 0 Å². The summed E-state index contributed by atoms with van der Waals surface area (Å²) in [5.74, 6) is 1.38. The molecule has 1 heterocycles. The molecular weight excluding hydrogens is 429 g/mol. The van der Waals surface area contributed by atoms with Crippen LogP contribution >= 0.6 is 24.0 Å². The molecule has 25 heavy (non-hydrogen) atoms. The Morgan fingerprint density at radius 2 is 1.96 bits per heavy atom. The van der Waals surface area contributed by atoms with Crippen molar-refractivity contribution in [1.82, 2.24) is 20.4 Å². The molecule has 7 heteroatoms. The Morgan fingerprint density at radius 3 is 2.48 bits per heavy atom. The molecular formula is C18H36IN5O. The molecule has 0 fully saturated rings. The third-order valence-corrected chi connectivity index (χ3v) is 4.01.